The van der Waals surface area contributed by atoms with Crippen LogP contribution < -0.4 is 5.32 Å². The van der Waals surface area contributed by atoms with Crippen molar-refractivity contribution >= 4 is 12.4 Å². The molecule has 0 saturated carbocycles. The second kappa shape index (κ2) is 6.97. The number of likely N-dealkylation sites (tertiary alicyclic amines) is 1. The van der Waals surface area contributed by atoms with Gasteiger partial charge in [0.2, 0.25) is 0 Å². The van der Waals surface area contributed by atoms with E-state index < -0.39 is 0 Å². The Balaban J connectivity index is 0.00000144. The van der Waals surface area contributed by atoms with Crippen molar-refractivity contribution in [2.75, 3.05) is 20.1 Å². The van der Waals surface area contributed by atoms with Crippen LogP contribution in [0.3, 0.4) is 0 Å². The van der Waals surface area contributed by atoms with Crippen LogP contribution in [0.15, 0.2) is 24.3 Å². The largest absolute Gasteiger partial charge is 0.392 e. The normalized spacial score (nSPS) is 20.2. The molecule has 1 fully saturated rings. The highest BCUT2D eigenvalue weighted by atomic mass is 35.5. The molecule has 1 saturated heterocycles. The Morgan fingerprint density at radius 3 is 2.47 bits per heavy atom. The van der Waals surface area contributed by atoms with E-state index in [-0.39, 0.29) is 18.5 Å². The van der Waals surface area contributed by atoms with E-state index in [0.717, 1.165) is 32.6 Å². The van der Waals surface area contributed by atoms with Crippen LogP contribution in [0.4, 0.5) is 0 Å². The zero-order valence-corrected chi connectivity index (χ0v) is 11.0. The molecular formula is C13H21ClN2O. The van der Waals surface area contributed by atoms with Gasteiger partial charge >= 0.3 is 0 Å². The Bertz CT molecular complexity index is 329. The van der Waals surface area contributed by atoms with Crippen molar-refractivity contribution in [2.45, 2.75) is 25.6 Å². The molecule has 1 aromatic rings. The summed E-state index contributed by atoms with van der Waals surface area (Å²) < 4.78 is 0. The number of nitrogens with one attached hydrogen (secondary N) is 1. The fourth-order valence-corrected chi connectivity index (χ4v) is 2.18. The van der Waals surface area contributed by atoms with Crippen molar-refractivity contribution in [3.8, 4) is 0 Å². The SMILES string of the molecule is CNCc1ccc(CN2CCC(O)C2)cc1.Cl. The number of β-amino-alcohol motifs (C(OH)–C–C–N with tert-alkyl or cyclic N) is 1. The summed E-state index contributed by atoms with van der Waals surface area (Å²) in [6, 6.07) is 8.69. The maximum atomic E-state index is 9.44. The van der Waals surface area contributed by atoms with Crippen molar-refractivity contribution in [1.29, 1.82) is 0 Å². The smallest absolute Gasteiger partial charge is 0.0679 e. The summed E-state index contributed by atoms with van der Waals surface area (Å²) in [5.41, 5.74) is 2.64. The molecule has 96 valence electrons. The van der Waals surface area contributed by atoms with Crippen LogP contribution in [-0.4, -0.2) is 36.2 Å². The highest BCUT2D eigenvalue weighted by molar-refractivity contribution is 5.85. The summed E-state index contributed by atoms with van der Waals surface area (Å²) in [4.78, 5) is 2.30. The molecule has 0 aliphatic carbocycles. The van der Waals surface area contributed by atoms with Gasteiger partial charge in [0.05, 0.1) is 6.10 Å². The highest BCUT2D eigenvalue weighted by Crippen LogP contribution is 2.13. The molecule has 1 unspecified atom stereocenters. The molecule has 1 atom stereocenters. The summed E-state index contributed by atoms with van der Waals surface area (Å²) >= 11 is 0. The number of halogens is 1. The lowest BCUT2D eigenvalue weighted by molar-refractivity contribution is 0.175. The van der Waals surface area contributed by atoms with Crippen LogP contribution in [-0.2, 0) is 13.1 Å². The molecule has 1 heterocycles. The number of hydrogen-bond acceptors (Lipinski definition) is 3. The Morgan fingerprint density at radius 1 is 1.29 bits per heavy atom. The van der Waals surface area contributed by atoms with Gasteiger partial charge in [0.25, 0.3) is 0 Å². The molecule has 0 radical (unpaired) electrons. The van der Waals surface area contributed by atoms with Gasteiger partial charge in [0.15, 0.2) is 0 Å². The molecule has 2 N–H and O–H groups in total. The number of aliphatic hydroxyl groups excluding tert-OH is 1. The Hall–Kier alpha value is -0.610. The van der Waals surface area contributed by atoms with Crippen molar-refractivity contribution < 1.29 is 5.11 Å². The first-order valence-corrected chi connectivity index (χ1v) is 5.91. The molecule has 1 aliphatic heterocycles. The van der Waals surface area contributed by atoms with E-state index in [0.29, 0.717) is 0 Å². The minimum absolute atomic E-state index is 0. The highest BCUT2D eigenvalue weighted by Gasteiger charge is 2.19. The van der Waals surface area contributed by atoms with E-state index in [1.807, 2.05) is 7.05 Å². The predicted octanol–water partition coefficient (Wildman–Crippen LogP) is 1.39. The van der Waals surface area contributed by atoms with Gasteiger partial charge in [-0.1, -0.05) is 24.3 Å². The van der Waals surface area contributed by atoms with E-state index >= 15 is 0 Å². The summed E-state index contributed by atoms with van der Waals surface area (Å²) in [6.07, 6.45) is 0.793. The molecule has 0 amide bonds. The second-order valence-corrected chi connectivity index (χ2v) is 4.52. The van der Waals surface area contributed by atoms with E-state index in [2.05, 4.69) is 34.5 Å². The number of rotatable bonds is 4. The predicted molar refractivity (Wildman–Crippen MR) is 72.4 cm³/mol. The van der Waals surface area contributed by atoms with Crippen molar-refractivity contribution in [3.63, 3.8) is 0 Å². The second-order valence-electron chi connectivity index (χ2n) is 4.52. The van der Waals surface area contributed by atoms with Crippen LogP contribution >= 0.6 is 12.4 Å². The lowest BCUT2D eigenvalue weighted by Gasteiger charge is -2.15. The molecule has 17 heavy (non-hydrogen) atoms. The number of benzene rings is 1. The average Bonchev–Trinajstić information content (AvgIpc) is 2.67. The van der Waals surface area contributed by atoms with Gasteiger partial charge in [0.1, 0.15) is 0 Å². The first-order chi connectivity index (χ1) is 7.78. The maximum absolute atomic E-state index is 9.44. The van der Waals surface area contributed by atoms with Gasteiger partial charge in [-0.05, 0) is 24.6 Å². The third-order valence-corrected chi connectivity index (χ3v) is 3.06. The van der Waals surface area contributed by atoms with Crippen molar-refractivity contribution in [1.82, 2.24) is 10.2 Å². The van der Waals surface area contributed by atoms with E-state index in [1.165, 1.54) is 11.1 Å². The fourth-order valence-electron chi connectivity index (χ4n) is 2.18. The topological polar surface area (TPSA) is 35.5 Å². The number of nitrogens with zero attached hydrogens (tertiary/aromatic N) is 1. The number of hydrogen-bond donors (Lipinski definition) is 2. The Labute approximate surface area is 109 Å². The van der Waals surface area contributed by atoms with Gasteiger partial charge in [-0.15, -0.1) is 12.4 Å². The van der Waals surface area contributed by atoms with Gasteiger partial charge < -0.3 is 10.4 Å². The lowest BCUT2D eigenvalue weighted by Crippen LogP contribution is -2.21. The molecule has 0 aromatic heterocycles. The molecule has 4 heteroatoms. The molecule has 1 aliphatic rings. The fraction of sp³-hybridized carbons (Fsp3) is 0.538. The first kappa shape index (κ1) is 14.5. The lowest BCUT2D eigenvalue weighted by atomic mass is 10.1. The number of aliphatic hydroxyl groups is 1. The van der Waals surface area contributed by atoms with Crippen molar-refractivity contribution in [3.05, 3.63) is 35.4 Å². The quantitative estimate of drug-likeness (QED) is 0.855. The zero-order chi connectivity index (χ0) is 11.4. The average molecular weight is 257 g/mol. The Kier molecular flexibility index (Phi) is 5.92. The third kappa shape index (κ3) is 4.28. The third-order valence-electron chi connectivity index (χ3n) is 3.06. The first-order valence-electron chi connectivity index (χ1n) is 5.91. The molecular weight excluding hydrogens is 236 g/mol. The Morgan fingerprint density at radius 2 is 1.94 bits per heavy atom. The van der Waals surface area contributed by atoms with Crippen LogP contribution in [0.25, 0.3) is 0 Å². The van der Waals surface area contributed by atoms with Crippen molar-refractivity contribution in [2.24, 2.45) is 0 Å². The summed E-state index contributed by atoms with van der Waals surface area (Å²) in [7, 11) is 1.96. The van der Waals surface area contributed by atoms with E-state index in [1.54, 1.807) is 0 Å². The monoisotopic (exact) mass is 256 g/mol. The van der Waals surface area contributed by atoms with Crippen LogP contribution in [0.5, 0.6) is 0 Å². The molecule has 3 nitrogen and oxygen atoms in total. The minimum Gasteiger partial charge on any atom is -0.392 e. The van der Waals surface area contributed by atoms with E-state index in [9.17, 15) is 5.11 Å². The molecule has 2 rings (SSSR count). The summed E-state index contributed by atoms with van der Waals surface area (Å²) in [6.45, 7) is 3.71. The van der Waals surface area contributed by atoms with Gasteiger partial charge in [0, 0.05) is 26.2 Å². The molecule has 0 spiro atoms. The maximum Gasteiger partial charge on any atom is 0.0679 e. The minimum atomic E-state index is -0.122. The standard InChI is InChI=1S/C13H20N2O.ClH/c1-14-8-11-2-4-12(5-3-11)9-15-7-6-13(16)10-15;/h2-5,13-14,16H,6-10H2,1H3;1H. The van der Waals surface area contributed by atoms with Crippen LogP contribution in [0.2, 0.25) is 0 Å². The van der Waals surface area contributed by atoms with Crippen LogP contribution in [0, 0.1) is 0 Å². The van der Waals surface area contributed by atoms with Gasteiger partial charge in [-0.25, -0.2) is 0 Å². The molecule has 1 aromatic carbocycles. The zero-order valence-electron chi connectivity index (χ0n) is 10.2. The summed E-state index contributed by atoms with van der Waals surface area (Å²) in [5.74, 6) is 0. The van der Waals surface area contributed by atoms with E-state index in [4.69, 9.17) is 0 Å². The summed E-state index contributed by atoms with van der Waals surface area (Å²) in [5, 5.41) is 12.6. The van der Waals surface area contributed by atoms with Gasteiger partial charge in [-0.2, -0.15) is 0 Å². The molecule has 0 bridgehead atoms. The van der Waals surface area contributed by atoms with Gasteiger partial charge in [-0.3, -0.25) is 4.90 Å². The van der Waals surface area contributed by atoms with Crippen LogP contribution in [0.1, 0.15) is 17.5 Å².